The van der Waals surface area contributed by atoms with Crippen LogP contribution in [0.4, 0.5) is 0 Å². The quantitative estimate of drug-likeness (QED) is 0.781. The summed E-state index contributed by atoms with van der Waals surface area (Å²) in [6.07, 6.45) is 7.74. The summed E-state index contributed by atoms with van der Waals surface area (Å²) in [5.41, 5.74) is 2.54. The van der Waals surface area contributed by atoms with Crippen molar-refractivity contribution in [3.63, 3.8) is 0 Å². The fourth-order valence-electron chi connectivity index (χ4n) is 4.04. The van der Waals surface area contributed by atoms with Crippen LogP contribution in [0.15, 0.2) is 36.5 Å². The molecular formula is C22H27ClN2O. The van der Waals surface area contributed by atoms with Gasteiger partial charge >= 0.3 is 0 Å². The van der Waals surface area contributed by atoms with Gasteiger partial charge in [-0.1, -0.05) is 49.7 Å². The second-order valence-electron chi connectivity index (χ2n) is 6.85. The highest BCUT2D eigenvalue weighted by molar-refractivity contribution is 6.30. The van der Waals surface area contributed by atoms with Crippen molar-refractivity contribution in [2.75, 3.05) is 20.1 Å². The number of fused-ring (bicyclic) bond motifs is 2. The van der Waals surface area contributed by atoms with Crippen molar-refractivity contribution in [1.29, 1.82) is 0 Å². The molecule has 1 unspecified atom stereocenters. The van der Waals surface area contributed by atoms with Crippen molar-refractivity contribution in [1.82, 2.24) is 9.88 Å². The highest BCUT2D eigenvalue weighted by Crippen LogP contribution is 2.45. The van der Waals surface area contributed by atoms with Gasteiger partial charge in [-0.3, -0.25) is 4.98 Å². The first kappa shape index (κ1) is 19.1. The van der Waals surface area contributed by atoms with E-state index in [0.717, 1.165) is 48.3 Å². The van der Waals surface area contributed by atoms with Gasteiger partial charge in [0.05, 0.1) is 5.69 Å². The van der Waals surface area contributed by atoms with Gasteiger partial charge in [-0.2, -0.15) is 0 Å². The topological polar surface area (TPSA) is 36.4 Å². The number of aromatic nitrogens is 1. The number of halogens is 1. The highest BCUT2D eigenvalue weighted by Gasteiger charge is 2.45. The molecule has 0 saturated carbocycles. The van der Waals surface area contributed by atoms with Gasteiger partial charge in [-0.15, -0.1) is 0 Å². The van der Waals surface area contributed by atoms with Gasteiger partial charge in [0.15, 0.2) is 0 Å². The van der Waals surface area contributed by atoms with Crippen LogP contribution in [0.2, 0.25) is 5.02 Å². The average molecular weight is 371 g/mol. The predicted octanol–water partition coefficient (Wildman–Crippen LogP) is 4.82. The summed E-state index contributed by atoms with van der Waals surface area (Å²) < 4.78 is 0. The Morgan fingerprint density at radius 2 is 1.81 bits per heavy atom. The van der Waals surface area contributed by atoms with E-state index in [4.69, 9.17) is 11.6 Å². The molecule has 1 N–H and O–H groups in total. The lowest BCUT2D eigenvalue weighted by Crippen LogP contribution is -2.44. The first-order valence-electron chi connectivity index (χ1n) is 9.43. The van der Waals surface area contributed by atoms with Crippen LogP contribution >= 0.6 is 11.6 Å². The molecule has 1 saturated heterocycles. The second-order valence-corrected chi connectivity index (χ2v) is 7.29. The summed E-state index contributed by atoms with van der Waals surface area (Å²) in [4.78, 5) is 6.92. The number of aliphatic hydroxyl groups is 1. The van der Waals surface area contributed by atoms with Crippen molar-refractivity contribution >= 4 is 23.8 Å². The molecule has 0 spiro atoms. The zero-order chi connectivity index (χ0) is 18.7. The standard InChI is InChI=1S/C20H21ClN2O.C2H6/c1-23-11-8-16(9-12-23)20(24)18-7-6-17(21)13-15(18)5-4-14-3-2-10-22-19(14)20;1-2/h2-7,10,13,16,24H,8-9,11-12H2,1H3;1-2H3. The molecule has 26 heavy (non-hydrogen) atoms. The van der Waals surface area contributed by atoms with Gasteiger partial charge in [0, 0.05) is 17.1 Å². The largest absolute Gasteiger partial charge is 0.378 e. The lowest BCUT2D eigenvalue weighted by atomic mass is 9.72. The van der Waals surface area contributed by atoms with Gasteiger partial charge in [0.2, 0.25) is 0 Å². The third-order valence-electron chi connectivity index (χ3n) is 5.38. The minimum absolute atomic E-state index is 0.141. The van der Waals surface area contributed by atoms with E-state index in [1.165, 1.54) is 0 Å². The first-order chi connectivity index (χ1) is 12.6. The van der Waals surface area contributed by atoms with Gasteiger partial charge < -0.3 is 10.0 Å². The van der Waals surface area contributed by atoms with Crippen LogP contribution in [0.3, 0.4) is 0 Å². The van der Waals surface area contributed by atoms with Crippen molar-refractivity contribution in [3.05, 3.63) is 63.9 Å². The molecule has 1 fully saturated rings. The maximum absolute atomic E-state index is 12.0. The molecule has 1 aromatic carbocycles. The fourth-order valence-corrected chi connectivity index (χ4v) is 4.22. The number of benzene rings is 1. The molecule has 2 aromatic rings. The molecule has 1 atom stereocenters. The van der Waals surface area contributed by atoms with Crippen LogP contribution in [0, 0.1) is 5.92 Å². The minimum atomic E-state index is -1.08. The number of hydrogen-bond acceptors (Lipinski definition) is 3. The second kappa shape index (κ2) is 7.91. The molecule has 0 amide bonds. The van der Waals surface area contributed by atoms with Crippen LogP contribution in [-0.4, -0.2) is 35.1 Å². The van der Waals surface area contributed by atoms with Gasteiger partial charge in [-0.05, 0) is 67.9 Å². The molecule has 1 aliphatic heterocycles. The van der Waals surface area contributed by atoms with E-state index < -0.39 is 5.60 Å². The Morgan fingerprint density at radius 1 is 1.12 bits per heavy atom. The molecule has 1 aromatic heterocycles. The van der Waals surface area contributed by atoms with E-state index in [-0.39, 0.29) is 5.92 Å². The van der Waals surface area contributed by atoms with E-state index in [1.807, 2.05) is 56.3 Å². The average Bonchev–Trinajstić information content (AvgIpc) is 2.80. The Bertz CT molecular complexity index is 796. The zero-order valence-corrected chi connectivity index (χ0v) is 16.5. The molecule has 0 radical (unpaired) electrons. The Balaban J connectivity index is 0.000000948. The van der Waals surface area contributed by atoms with Crippen molar-refractivity contribution in [2.24, 2.45) is 5.92 Å². The van der Waals surface area contributed by atoms with Crippen molar-refractivity contribution in [2.45, 2.75) is 32.3 Å². The lowest BCUT2D eigenvalue weighted by Gasteiger charge is -2.41. The molecule has 1 aliphatic carbocycles. The summed E-state index contributed by atoms with van der Waals surface area (Å²) in [7, 11) is 2.13. The van der Waals surface area contributed by atoms with E-state index >= 15 is 0 Å². The molecule has 2 heterocycles. The lowest BCUT2D eigenvalue weighted by molar-refractivity contribution is -0.0144. The summed E-state index contributed by atoms with van der Waals surface area (Å²) >= 11 is 6.20. The summed E-state index contributed by atoms with van der Waals surface area (Å²) in [6, 6.07) is 9.69. The van der Waals surface area contributed by atoms with E-state index in [0.29, 0.717) is 5.02 Å². The van der Waals surface area contributed by atoms with Crippen LogP contribution < -0.4 is 0 Å². The van der Waals surface area contributed by atoms with E-state index in [1.54, 1.807) is 6.20 Å². The van der Waals surface area contributed by atoms with Gasteiger partial charge in [-0.25, -0.2) is 0 Å². The predicted molar refractivity (Wildman–Crippen MR) is 109 cm³/mol. The molecule has 4 heteroatoms. The third kappa shape index (κ3) is 3.32. The molecule has 4 rings (SSSR count). The summed E-state index contributed by atoms with van der Waals surface area (Å²) in [5, 5.41) is 12.7. The fraction of sp³-hybridized carbons (Fsp3) is 0.409. The molecule has 3 nitrogen and oxygen atoms in total. The summed E-state index contributed by atoms with van der Waals surface area (Å²) in [5.74, 6) is 0.141. The highest BCUT2D eigenvalue weighted by atomic mass is 35.5. The van der Waals surface area contributed by atoms with Gasteiger partial charge in [0.1, 0.15) is 5.60 Å². The maximum atomic E-state index is 12.0. The van der Waals surface area contributed by atoms with Crippen LogP contribution in [-0.2, 0) is 5.60 Å². The summed E-state index contributed by atoms with van der Waals surface area (Å²) in [6.45, 7) is 5.98. The molecule has 138 valence electrons. The van der Waals surface area contributed by atoms with Crippen molar-refractivity contribution in [3.8, 4) is 0 Å². The maximum Gasteiger partial charge on any atom is 0.135 e. The van der Waals surface area contributed by atoms with Crippen LogP contribution in [0.1, 0.15) is 49.1 Å². The van der Waals surface area contributed by atoms with Crippen LogP contribution in [0.5, 0.6) is 0 Å². The zero-order valence-electron chi connectivity index (χ0n) is 15.7. The number of pyridine rings is 1. The Labute approximate surface area is 161 Å². The Morgan fingerprint density at radius 3 is 2.54 bits per heavy atom. The SMILES string of the molecule is CC.CN1CCC(C2(O)c3ccc(Cl)cc3C=Cc3cccnc32)CC1. The molecule has 2 aliphatic rings. The minimum Gasteiger partial charge on any atom is -0.378 e. The number of rotatable bonds is 1. The van der Waals surface area contributed by atoms with Crippen molar-refractivity contribution < 1.29 is 5.11 Å². The van der Waals surface area contributed by atoms with Gasteiger partial charge in [0.25, 0.3) is 0 Å². The molecule has 0 bridgehead atoms. The Kier molecular flexibility index (Phi) is 5.81. The normalized spacial score (nSPS) is 22.7. The van der Waals surface area contributed by atoms with E-state index in [9.17, 15) is 5.11 Å². The monoisotopic (exact) mass is 370 g/mol. The van der Waals surface area contributed by atoms with E-state index in [2.05, 4.69) is 16.9 Å². The number of piperidine rings is 1. The number of nitrogens with zero attached hydrogens (tertiary/aromatic N) is 2. The number of hydrogen-bond donors (Lipinski definition) is 1. The molecular weight excluding hydrogens is 344 g/mol. The Hall–Kier alpha value is -1.68. The van der Waals surface area contributed by atoms with Crippen LogP contribution in [0.25, 0.3) is 12.2 Å². The smallest absolute Gasteiger partial charge is 0.135 e. The third-order valence-corrected chi connectivity index (χ3v) is 5.61. The first-order valence-corrected chi connectivity index (χ1v) is 9.81. The number of likely N-dealkylation sites (tertiary alicyclic amines) is 1.